The zero-order valence-electron chi connectivity index (χ0n) is 9.04. The van der Waals surface area contributed by atoms with Crippen molar-refractivity contribution in [1.29, 1.82) is 0 Å². The number of aliphatic hydroxyl groups is 1. The van der Waals surface area contributed by atoms with Crippen molar-refractivity contribution < 1.29 is 19.3 Å². The second kappa shape index (κ2) is 5.96. The van der Waals surface area contributed by atoms with Gasteiger partial charge in [0.2, 0.25) is 0 Å². The zero-order chi connectivity index (χ0) is 11.2. The van der Waals surface area contributed by atoms with Crippen molar-refractivity contribution in [3.05, 3.63) is 35.9 Å². The average molecular weight is 224 g/mol. The fourth-order valence-corrected chi connectivity index (χ4v) is 1.55. The lowest BCUT2D eigenvalue weighted by atomic mass is 10.2. The molecule has 1 aliphatic heterocycles. The number of hydrogen-bond acceptors (Lipinski definition) is 4. The molecule has 1 heterocycles. The molecule has 0 saturated carbocycles. The second-order valence-electron chi connectivity index (χ2n) is 3.76. The normalized spacial score (nSPS) is 26.3. The molecule has 0 bridgehead atoms. The highest BCUT2D eigenvalue weighted by Gasteiger charge is 2.23. The van der Waals surface area contributed by atoms with Gasteiger partial charge in [-0.05, 0) is 5.56 Å². The molecule has 4 nitrogen and oxygen atoms in total. The van der Waals surface area contributed by atoms with E-state index in [1.807, 2.05) is 30.3 Å². The minimum Gasteiger partial charge on any atom is -0.388 e. The van der Waals surface area contributed by atoms with E-state index >= 15 is 0 Å². The van der Waals surface area contributed by atoms with E-state index in [0.717, 1.165) is 5.56 Å². The van der Waals surface area contributed by atoms with Crippen LogP contribution < -0.4 is 0 Å². The minimum atomic E-state index is -0.619. The van der Waals surface area contributed by atoms with Crippen LogP contribution in [0.2, 0.25) is 0 Å². The summed E-state index contributed by atoms with van der Waals surface area (Å²) in [6.45, 7) is 1.33. The Balaban J connectivity index is 1.84. The lowest BCUT2D eigenvalue weighted by molar-refractivity contribution is -0.0693. The maximum absolute atomic E-state index is 9.70. The number of ether oxygens (including phenoxy) is 3. The molecule has 1 fully saturated rings. The highest BCUT2D eigenvalue weighted by Crippen LogP contribution is 2.09. The van der Waals surface area contributed by atoms with Crippen LogP contribution in [0.4, 0.5) is 0 Å². The zero-order valence-corrected chi connectivity index (χ0v) is 9.04. The van der Waals surface area contributed by atoms with Gasteiger partial charge in [-0.3, -0.25) is 0 Å². The number of rotatable bonds is 3. The Hall–Kier alpha value is -0.940. The molecule has 0 aliphatic carbocycles. The van der Waals surface area contributed by atoms with Crippen LogP contribution in [0.25, 0.3) is 0 Å². The van der Waals surface area contributed by atoms with Crippen LogP contribution in [0.1, 0.15) is 5.56 Å². The largest absolute Gasteiger partial charge is 0.388 e. The molecule has 0 amide bonds. The van der Waals surface area contributed by atoms with E-state index in [2.05, 4.69) is 0 Å². The van der Waals surface area contributed by atoms with Crippen molar-refractivity contribution in [1.82, 2.24) is 0 Å². The SMILES string of the molecule is O[C@H]1COCOC[C@@H]1OCc1ccccc1. The minimum absolute atomic E-state index is 0.224. The molecule has 0 spiro atoms. The topological polar surface area (TPSA) is 47.9 Å². The molecule has 1 aliphatic rings. The van der Waals surface area contributed by atoms with Crippen molar-refractivity contribution >= 4 is 0 Å². The Bertz CT molecular complexity index is 301. The van der Waals surface area contributed by atoms with Crippen LogP contribution >= 0.6 is 0 Å². The van der Waals surface area contributed by atoms with Gasteiger partial charge < -0.3 is 19.3 Å². The average Bonchev–Trinajstić information content (AvgIpc) is 2.53. The summed E-state index contributed by atoms with van der Waals surface area (Å²) in [4.78, 5) is 0. The molecule has 2 rings (SSSR count). The second-order valence-corrected chi connectivity index (χ2v) is 3.76. The van der Waals surface area contributed by atoms with Gasteiger partial charge in [-0.25, -0.2) is 0 Å². The standard InChI is InChI=1S/C12H16O4/c13-11-7-14-9-15-8-12(11)16-6-10-4-2-1-3-5-10/h1-5,11-13H,6-9H2/t11-,12-/m0/s1. The molecule has 0 unspecified atom stereocenters. The molecular formula is C12H16O4. The van der Waals surface area contributed by atoms with E-state index in [4.69, 9.17) is 14.2 Å². The molecule has 16 heavy (non-hydrogen) atoms. The smallest absolute Gasteiger partial charge is 0.146 e. The Kier molecular flexibility index (Phi) is 4.30. The van der Waals surface area contributed by atoms with E-state index in [-0.39, 0.29) is 19.5 Å². The first-order valence-corrected chi connectivity index (χ1v) is 5.35. The van der Waals surface area contributed by atoms with Gasteiger partial charge in [0.1, 0.15) is 19.0 Å². The molecule has 2 atom stereocenters. The lowest BCUT2D eigenvalue weighted by Gasteiger charge is -2.19. The van der Waals surface area contributed by atoms with Crippen molar-refractivity contribution in [3.8, 4) is 0 Å². The van der Waals surface area contributed by atoms with E-state index in [9.17, 15) is 5.11 Å². The Morgan fingerprint density at radius 2 is 1.94 bits per heavy atom. The first-order valence-electron chi connectivity index (χ1n) is 5.35. The molecule has 0 radical (unpaired) electrons. The quantitative estimate of drug-likeness (QED) is 0.830. The van der Waals surface area contributed by atoms with Gasteiger partial charge in [0.25, 0.3) is 0 Å². The molecule has 1 aromatic rings. The van der Waals surface area contributed by atoms with Crippen molar-refractivity contribution in [2.45, 2.75) is 18.8 Å². The van der Waals surface area contributed by atoms with Gasteiger partial charge in [-0.15, -0.1) is 0 Å². The molecule has 1 saturated heterocycles. The summed E-state index contributed by atoms with van der Waals surface area (Å²) in [7, 11) is 0. The number of hydrogen-bond donors (Lipinski definition) is 1. The summed E-state index contributed by atoms with van der Waals surface area (Å²) in [6.07, 6.45) is -0.936. The summed E-state index contributed by atoms with van der Waals surface area (Å²) in [5.41, 5.74) is 1.08. The molecule has 1 N–H and O–H groups in total. The maximum Gasteiger partial charge on any atom is 0.146 e. The van der Waals surface area contributed by atoms with E-state index in [1.54, 1.807) is 0 Å². The van der Waals surface area contributed by atoms with Crippen molar-refractivity contribution in [3.63, 3.8) is 0 Å². The van der Waals surface area contributed by atoms with Crippen LogP contribution in [0.3, 0.4) is 0 Å². The fraction of sp³-hybridized carbons (Fsp3) is 0.500. The van der Waals surface area contributed by atoms with Crippen LogP contribution in [0.5, 0.6) is 0 Å². The monoisotopic (exact) mass is 224 g/mol. The van der Waals surface area contributed by atoms with Gasteiger partial charge in [0.15, 0.2) is 0 Å². The third-order valence-electron chi connectivity index (χ3n) is 2.47. The Morgan fingerprint density at radius 3 is 2.75 bits per heavy atom. The lowest BCUT2D eigenvalue weighted by Crippen LogP contribution is -2.34. The van der Waals surface area contributed by atoms with Gasteiger partial charge in [-0.1, -0.05) is 30.3 Å². The van der Waals surface area contributed by atoms with Crippen molar-refractivity contribution in [2.75, 3.05) is 20.0 Å². The number of benzene rings is 1. The summed E-state index contributed by atoms with van der Waals surface area (Å²) in [5.74, 6) is 0. The van der Waals surface area contributed by atoms with Crippen molar-refractivity contribution in [2.24, 2.45) is 0 Å². The fourth-order valence-electron chi connectivity index (χ4n) is 1.55. The predicted molar refractivity (Wildman–Crippen MR) is 57.8 cm³/mol. The molecule has 4 heteroatoms. The Morgan fingerprint density at radius 1 is 1.19 bits per heavy atom. The van der Waals surface area contributed by atoms with E-state index in [1.165, 1.54) is 0 Å². The molecule has 0 aromatic heterocycles. The maximum atomic E-state index is 9.70. The van der Waals surface area contributed by atoms with Crippen LogP contribution in [0.15, 0.2) is 30.3 Å². The Labute approximate surface area is 94.8 Å². The van der Waals surface area contributed by atoms with E-state index < -0.39 is 6.10 Å². The first kappa shape index (κ1) is 11.5. The van der Waals surface area contributed by atoms with Crippen LogP contribution in [0, 0.1) is 0 Å². The first-order chi connectivity index (χ1) is 7.86. The molecule has 88 valence electrons. The third kappa shape index (κ3) is 3.28. The molecule has 1 aromatic carbocycles. The van der Waals surface area contributed by atoms with Crippen LogP contribution in [-0.2, 0) is 20.8 Å². The predicted octanol–water partition coefficient (Wildman–Crippen LogP) is 0.937. The summed E-state index contributed by atoms with van der Waals surface area (Å²) in [6, 6.07) is 9.85. The third-order valence-corrected chi connectivity index (χ3v) is 2.47. The summed E-state index contributed by atoms with van der Waals surface area (Å²) >= 11 is 0. The van der Waals surface area contributed by atoms with Gasteiger partial charge >= 0.3 is 0 Å². The summed E-state index contributed by atoms with van der Waals surface area (Å²) < 4.78 is 15.8. The number of aliphatic hydroxyl groups excluding tert-OH is 1. The highest BCUT2D eigenvalue weighted by molar-refractivity contribution is 5.13. The van der Waals surface area contributed by atoms with Gasteiger partial charge in [0, 0.05) is 0 Å². The highest BCUT2D eigenvalue weighted by atomic mass is 16.7. The van der Waals surface area contributed by atoms with Crippen LogP contribution in [-0.4, -0.2) is 37.3 Å². The molecular weight excluding hydrogens is 208 g/mol. The van der Waals surface area contributed by atoms with E-state index in [0.29, 0.717) is 13.2 Å². The summed E-state index contributed by atoms with van der Waals surface area (Å²) in [5, 5.41) is 9.70. The van der Waals surface area contributed by atoms with Gasteiger partial charge in [-0.2, -0.15) is 0 Å². The van der Waals surface area contributed by atoms with Gasteiger partial charge in [0.05, 0.1) is 19.8 Å².